The summed E-state index contributed by atoms with van der Waals surface area (Å²) >= 11 is 0. The lowest BCUT2D eigenvalue weighted by atomic mass is 9.72. The highest BCUT2D eigenvalue weighted by atomic mass is 14.8. The Kier molecular flexibility index (Phi) is 21.4. The van der Waals surface area contributed by atoms with Crippen LogP contribution in [-0.4, -0.2) is 7.05 Å². The molecule has 0 aliphatic carbocycles. The van der Waals surface area contributed by atoms with Gasteiger partial charge in [-0.15, -0.1) is 0 Å². The van der Waals surface area contributed by atoms with E-state index in [2.05, 4.69) is 267 Å². The van der Waals surface area contributed by atoms with E-state index in [1.54, 1.807) is 11.1 Å². The Morgan fingerprint density at radius 2 is 0.812 bits per heavy atom. The highest BCUT2D eigenvalue weighted by Gasteiger charge is 2.30. The molecule has 384 valence electrons. The van der Waals surface area contributed by atoms with Crippen molar-refractivity contribution in [2.24, 2.45) is 0 Å². The number of benzene rings is 4. The highest BCUT2D eigenvalue weighted by Crippen LogP contribution is 2.41. The molecule has 0 saturated heterocycles. The molecule has 1 N–H and O–H groups in total. The van der Waals surface area contributed by atoms with Crippen molar-refractivity contribution in [3.05, 3.63) is 152 Å². The van der Waals surface area contributed by atoms with Gasteiger partial charge in [-0.3, -0.25) is 0 Å². The van der Waals surface area contributed by atoms with E-state index in [-0.39, 0.29) is 43.3 Å². The van der Waals surface area contributed by atoms with Gasteiger partial charge in [-0.05, 0) is 154 Å². The Balaban J connectivity index is 0.000000460. The van der Waals surface area contributed by atoms with Crippen LogP contribution in [0.25, 0.3) is 18.2 Å². The van der Waals surface area contributed by atoms with E-state index in [9.17, 15) is 0 Å². The molecular weight excluding hydrogens is 831 g/mol. The molecule has 69 heavy (non-hydrogen) atoms. The van der Waals surface area contributed by atoms with Gasteiger partial charge < -0.3 is 5.32 Å². The summed E-state index contributed by atoms with van der Waals surface area (Å²) in [6, 6.07) is 20.4. The molecule has 0 atom stereocenters. The molecule has 0 bridgehead atoms. The zero-order valence-electron chi connectivity index (χ0n) is 50.5. The SMILES string of the molecule is C=Cc1cc(C=C)c(C(C)(C)C)c(C(C)(C)C)c1.C=Cc1ccc(C(C)(C)C)c(C(C)(C)C)c1.CCCc1cc(C)cc(C(C)(C)C)c1C(C)(C)C.CNc1cc(C)c(C(C)(C)C)c(C(C)(C)C)c1. The molecule has 0 heterocycles. The smallest absolute Gasteiger partial charge is 0.0343 e. The minimum Gasteiger partial charge on any atom is -0.388 e. The summed E-state index contributed by atoms with van der Waals surface area (Å²) in [5.41, 5.74) is 22.3. The quantitative estimate of drug-likeness (QED) is 0.203. The van der Waals surface area contributed by atoms with Gasteiger partial charge in [0.25, 0.3) is 0 Å². The number of aryl methyl sites for hydroxylation is 3. The maximum atomic E-state index is 3.97. The van der Waals surface area contributed by atoms with Crippen molar-refractivity contribution >= 4 is 23.9 Å². The molecule has 1 heteroatoms. The standard InChI is InChI=1S/C18H30.C18H26.C16H27N.C16H24/c1-9-10-14-11-13(2)12-15(17(3,4)5)16(14)18(6,7)8;1-9-13-11-14(10-2)16(18(6,7)8)15(12-13)17(3,4)5;1-11-9-12(17-8)10-13(15(2,3)4)14(11)16(5,6)7;1-8-12-9-10-13(15(2,3)4)14(11-12)16(5,6)7/h11-12H,9-10H2,1-8H3;9-12H,1-2H2,3-8H3;9-10,17H,1-8H3;8-11H,1H2,2-7H3. The van der Waals surface area contributed by atoms with Crippen LogP contribution in [0.4, 0.5) is 5.69 Å². The van der Waals surface area contributed by atoms with Crippen LogP contribution in [-0.2, 0) is 49.7 Å². The van der Waals surface area contributed by atoms with E-state index in [4.69, 9.17) is 0 Å². The van der Waals surface area contributed by atoms with Gasteiger partial charge in [-0.1, -0.05) is 259 Å². The van der Waals surface area contributed by atoms with Crippen molar-refractivity contribution in [1.82, 2.24) is 0 Å². The Labute approximate surface area is 429 Å². The highest BCUT2D eigenvalue weighted by molar-refractivity contribution is 5.64. The third kappa shape index (κ3) is 18.2. The summed E-state index contributed by atoms with van der Waals surface area (Å²) in [4.78, 5) is 0. The molecule has 4 aromatic rings. The van der Waals surface area contributed by atoms with Crippen molar-refractivity contribution in [1.29, 1.82) is 0 Å². The molecule has 0 aromatic heterocycles. The van der Waals surface area contributed by atoms with Crippen LogP contribution < -0.4 is 5.32 Å². The van der Waals surface area contributed by atoms with E-state index >= 15 is 0 Å². The molecule has 0 aliphatic heterocycles. The fourth-order valence-corrected chi connectivity index (χ4v) is 9.68. The van der Waals surface area contributed by atoms with Gasteiger partial charge in [-0.25, -0.2) is 0 Å². The van der Waals surface area contributed by atoms with E-state index in [0.29, 0.717) is 0 Å². The third-order valence-corrected chi connectivity index (χ3v) is 12.7. The number of hydrogen-bond acceptors (Lipinski definition) is 1. The van der Waals surface area contributed by atoms with Gasteiger partial charge in [-0.2, -0.15) is 0 Å². The molecule has 0 saturated carbocycles. The van der Waals surface area contributed by atoms with E-state index in [1.165, 1.54) is 85.3 Å². The molecule has 0 unspecified atom stereocenters. The average Bonchev–Trinajstić information content (AvgIpc) is 3.17. The Morgan fingerprint density at radius 1 is 0.406 bits per heavy atom. The van der Waals surface area contributed by atoms with Gasteiger partial charge in [0.1, 0.15) is 0 Å². The van der Waals surface area contributed by atoms with Crippen LogP contribution in [0.3, 0.4) is 0 Å². The second-order valence-electron chi connectivity index (χ2n) is 28.0. The first-order valence-corrected chi connectivity index (χ1v) is 26.1. The second-order valence-corrected chi connectivity index (χ2v) is 28.0. The lowest BCUT2D eigenvalue weighted by molar-refractivity contribution is 0.523. The summed E-state index contributed by atoms with van der Waals surface area (Å²) in [5.74, 6) is 0. The van der Waals surface area contributed by atoms with Crippen LogP contribution in [0.5, 0.6) is 0 Å². The van der Waals surface area contributed by atoms with Gasteiger partial charge in [0.15, 0.2) is 0 Å². The molecule has 4 aromatic carbocycles. The second kappa shape index (κ2) is 23.4. The lowest BCUT2D eigenvalue weighted by Crippen LogP contribution is -2.24. The summed E-state index contributed by atoms with van der Waals surface area (Å²) in [6.07, 6.45) is 8.20. The predicted molar refractivity (Wildman–Crippen MR) is 319 cm³/mol. The maximum Gasteiger partial charge on any atom is 0.0343 e. The monoisotopic (exact) mass is 938 g/mol. The Hall–Kier alpha value is -4.10. The summed E-state index contributed by atoms with van der Waals surface area (Å²) < 4.78 is 0. The molecule has 0 spiro atoms. The van der Waals surface area contributed by atoms with Gasteiger partial charge in [0.2, 0.25) is 0 Å². The topological polar surface area (TPSA) is 12.0 Å². The zero-order chi connectivity index (χ0) is 54.3. The molecular formula is C68H107N. The lowest BCUT2D eigenvalue weighted by Gasteiger charge is -2.33. The van der Waals surface area contributed by atoms with Crippen molar-refractivity contribution in [3.63, 3.8) is 0 Å². The van der Waals surface area contributed by atoms with E-state index in [0.717, 1.165) is 0 Å². The molecule has 0 amide bonds. The Morgan fingerprint density at radius 3 is 1.17 bits per heavy atom. The Bertz CT molecular complexity index is 2330. The summed E-state index contributed by atoms with van der Waals surface area (Å²) in [5, 5.41) is 3.26. The fraction of sp³-hybridized carbons (Fsp3) is 0.559. The molecule has 0 aliphatic rings. The van der Waals surface area contributed by atoms with Crippen LogP contribution >= 0.6 is 0 Å². The zero-order valence-corrected chi connectivity index (χ0v) is 50.5. The number of nitrogens with one attached hydrogen (secondary N) is 1. The predicted octanol–water partition coefficient (Wildman–Crippen LogP) is 20.7. The summed E-state index contributed by atoms with van der Waals surface area (Å²) in [6.45, 7) is 73.3. The minimum absolute atomic E-state index is 0.117. The average molecular weight is 939 g/mol. The first kappa shape index (κ1) is 62.9. The van der Waals surface area contributed by atoms with Crippen LogP contribution in [0.15, 0.2) is 74.3 Å². The number of hydrogen-bond donors (Lipinski definition) is 1. The van der Waals surface area contributed by atoms with Crippen molar-refractivity contribution in [3.8, 4) is 0 Å². The largest absolute Gasteiger partial charge is 0.388 e. The van der Waals surface area contributed by atoms with Crippen LogP contribution in [0.1, 0.15) is 257 Å². The van der Waals surface area contributed by atoms with Crippen molar-refractivity contribution in [2.75, 3.05) is 12.4 Å². The minimum atomic E-state index is 0.117. The van der Waals surface area contributed by atoms with Crippen molar-refractivity contribution < 1.29 is 0 Å². The molecule has 0 radical (unpaired) electrons. The van der Waals surface area contributed by atoms with Gasteiger partial charge in [0.05, 0.1) is 0 Å². The van der Waals surface area contributed by atoms with E-state index < -0.39 is 0 Å². The van der Waals surface area contributed by atoms with E-state index in [1.807, 2.05) is 25.3 Å². The number of rotatable bonds is 6. The van der Waals surface area contributed by atoms with Crippen LogP contribution in [0.2, 0.25) is 0 Å². The van der Waals surface area contributed by atoms with Crippen molar-refractivity contribution in [2.45, 2.75) is 243 Å². The van der Waals surface area contributed by atoms with Gasteiger partial charge in [0, 0.05) is 12.7 Å². The van der Waals surface area contributed by atoms with Crippen LogP contribution in [0, 0.1) is 13.8 Å². The molecule has 4 rings (SSSR count). The number of anilines is 1. The maximum absolute atomic E-state index is 3.97. The first-order valence-electron chi connectivity index (χ1n) is 26.1. The normalized spacial score (nSPS) is 12.6. The molecule has 1 nitrogen and oxygen atoms in total. The summed E-state index contributed by atoms with van der Waals surface area (Å²) in [7, 11) is 1.98. The first-order chi connectivity index (χ1) is 30.9. The van der Waals surface area contributed by atoms with Gasteiger partial charge >= 0.3 is 0 Å². The fourth-order valence-electron chi connectivity index (χ4n) is 9.68. The molecule has 0 fully saturated rings. The third-order valence-electron chi connectivity index (χ3n) is 12.7.